The van der Waals surface area contributed by atoms with E-state index >= 15 is 0 Å². The highest BCUT2D eigenvalue weighted by atomic mass is 35.5. The number of aryl methyl sites for hydroxylation is 1. The molecule has 2 heterocycles. The predicted octanol–water partition coefficient (Wildman–Crippen LogP) is 2.20. The molecule has 3 rings (SSSR count). The van der Waals surface area contributed by atoms with Crippen LogP contribution in [0.15, 0.2) is 48.8 Å². The van der Waals surface area contributed by atoms with Crippen LogP contribution in [0.25, 0.3) is 16.9 Å². The lowest BCUT2D eigenvalue weighted by Gasteiger charge is -2.07. The van der Waals surface area contributed by atoms with E-state index in [2.05, 4.69) is 10.3 Å². The zero-order valence-corrected chi connectivity index (χ0v) is 13.4. The lowest BCUT2D eigenvalue weighted by atomic mass is 10.1. The molecule has 116 valence electrons. The van der Waals surface area contributed by atoms with E-state index in [0.717, 1.165) is 11.3 Å². The second-order valence-corrected chi connectivity index (χ2v) is 5.36. The van der Waals surface area contributed by atoms with Gasteiger partial charge in [0.05, 0.1) is 12.8 Å². The number of rotatable bonds is 3. The fourth-order valence-electron chi connectivity index (χ4n) is 2.20. The third-order valence-electron chi connectivity index (χ3n) is 3.37. The Bertz CT molecular complexity index is 842. The topological polar surface area (TPSA) is 60.9 Å². The summed E-state index contributed by atoms with van der Waals surface area (Å²) in [6.45, 7) is 0. The molecule has 0 atom stereocenters. The van der Waals surface area contributed by atoms with Gasteiger partial charge in [0.2, 0.25) is 0 Å². The number of nitrogens with zero attached hydrogens (tertiary/aromatic N) is 4. The summed E-state index contributed by atoms with van der Waals surface area (Å²) in [5, 5.41) is 8.70. The number of esters is 1. The highest BCUT2D eigenvalue weighted by Crippen LogP contribution is 2.25. The van der Waals surface area contributed by atoms with Crippen molar-refractivity contribution in [2.45, 2.75) is 0 Å². The number of ether oxygens (including phenoxy) is 1. The number of benzene rings is 1. The summed E-state index contributed by atoms with van der Waals surface area (Å²) < 4.78 is 8.31. The van der Waals surface area contributed by atoms with Gasteiger partial charge in [0.25, 0.3) is 0 Å². The number of hydrogen-bond donors (Lipinski definition) is 0. The molecule has 0 aliphatic carbocycles. The molecule has 0 aliphatic heterocycles. The van der Waals surface area contributed by atoms with Crippen molar-refractivity contribution in [1.82, 2.24) is 15.0 Å². The van der Waals surface area contributed by atoms with Gasteiger partial charge in [-0.2, -0.15) is 0 Å². The van der Waals surface area contributed by atoms with Crippen molar-refractivity contribution in [3.8, 4) is 16.9 Å². The van der Waals surface area contributed by atoms with E-state index < -0.39 is 5.97 Å². The van der Waals surface area contributed by atoms with Crippen LogP contribution < -0.4 is 4.57 Å². The molecule has 0 fully saturated rings. The zero-order chi connectivity index (χ0) is 16.4. The maximum atomic E-state index is 12.0. The fourth-order valence-corrected chi connectivity index (χ4v) is 2.32. The Labute approximate surface area is 137 Å². The first kappa shape index (κ1) is 15.2. The molecule has 1 aromatic carbocycles. The molecule has 0 bridgehead atoms. The molecule has 0 unspecified atom stereocenters. The summed E-state index contributed by atoms with van der Waals surface area (Å²) in [6, 6.07) is 10.9. The highest BCUT2D eigenvalue weighted by molar-refractivity contribution is 6.30. The first-order valence-corrected chi connectivity index (χ1v) is 7.23. The Morgan fingerprint density at radius 2 is 1.83 bits per heavy atom. The van der Waals surface area contributed by atoms with Crippen molar-refractivity contribution < 1.29 is 14.1 Å². The summed E-state index contributed by atoms with van der Waals surface area (Å²) in [6.07, 6.45) is 3.77. The largest absolute Gasteiger partial charge is 0.464 e. The van der Waals surface area contributed by atoms with Gasteiger partial charge in [0, 0.05) is 22.7 Å². The van der Waals surface area contributed by atoms with E-state index in [1.54, 1.807) is 16.8 Å². The van der Waals surface area contributed by atoms with Crippen molar-refractivity contribution in [2.75, 3.05) is 7.11 Å². The highest BCUT2D eigenvalue weighted by Gasteiger charge is 2.23. The predicted molar refractivity (Wildman–Crippen MR) is 84.3 cm³/mol. The van der Waals surface area contributed by atoms with E-state index in [-0.39, 0.29) is 5.69 Å². The second kappa shape index (κ2) is 6.18. The number of carbonyl (C=O) groups is 1. The van der Waals surface area contributed by atoms with Gasteiger partial charge in [-0.1, -0.05) is 16.8 Å². The summed E-state index contributed by atoms with van der Waals surface area (Å²) in [5.41, 5.74) is 2.29. The smallest absolute Gasteiger partial charge is 0.360 e. The molecular formula is C16H14ClN4O2+. The monoisotopic (exact) mass is 329 g/mol. The lowest BCUT2D eigenvalue weighted by Crippen LogP contribution is -2.25. The van der Waals surface area contributed by atoms with Crippen LogP contribution in [0.1, 0.15) is 10.5 Å². The summed E-state index contributed by atoms with van der Waals surface area (Å²) in [7, 11) is 3.23. The number of aromatic nitrogens is 4. The third-order valence-corrected chi connectivity index (χ3v) is 3.62. The quantitative estimate of drug-likeness (QED) is 0.546. The molecule has 3 aromatic rings. The average molecular weight is 330 g/mol. The van der Waals surface area contributed by atoms with Crippen LogP contribution in [0, 0.1) is 0 Å². The number of pyridine rings is 1. The van der Waals surface area contributed by atoms with Gasteiger partial charge in [0.1, 0.15) is 12.7 Å². The van der Waals surface area contributed by atoms with Crippen LogP contribution in [0.2, 0.25) is 5.02 Å². The zero-order valence-electron chi connectivity index (χ0n) is 12.6. The summed E-state index contributed by atoms with van der Waals surface area (Å²) in [5.74, 6) is -0.534. The van der Waals surface area contributed by atoms with Crippen LogP contribution in [0.5, 0.6) is 0 Å². The van der Waals surface area contributed by atoms with Crippen LogP contribution >= 0.6 is 11.6 Å². The summed E-state index contributed by atoms with van der Waals surface area (Å²) in [4.78, 5) is 12.0. The molecule has 0 aliphatic rings. The molecule has 6 nitrogen and oxygen atoms in total. The molecule has 0 spiro atoms. The van der Waals surface area contributed by atoms with Crippen LogP contribution in [0.4, 0.5) is 0 Å². The van der Waals surface area contributed by atoms with Crippen molar-refractivity contribution in [3.63, 3.8) is 0 Å². The van der Waals surface area contributed by atoms with Gasteiger partial charge in [-0.3, -0.25) is 0 Å². The number of methoxy groups -OCH3 is 1. The molecule has 2 aromatic heterocycles. The Balaban J connectivity index is 2.20. The molecule has 0 saturated heterocycles. The maximum absolute atomic E-state index is 12.0. The van der Waals surface area contributed by atoms with E-state index in [1.807, 2.05) is 48.3 Å². The van der Waals surface area contributed by atoms with E-state index in [1.165, 1.54) is 7.11 Å². The van der Waals surface area contributed by atoms with Crippen LogP contribution in [0.3, 0.4) is 0 Å². The van der Waals surface area contributed by atoms with Gasteiger partial charge in [-0.25, -0.2) is 14.0 Å². The molecule has 0 N–H and O–H groups in total. The van der Waals surface area contributed by atoms with Crippen molar-refractivity contribution in [3.05, 3.63) is 59.5 Å². The first-order valence-electron chi connectivity index (χ1n) is 6.86. The maximum Gasteiger partial charge on any atom is 0.360 e. The van der Waals surface area contributed by atoms with E-state index in [9.17, 15) is 4.79 Å². The molecule has 7 heteroatoms. The molecule has 0 amide bonds. The van der Waals surface area contributed by atoms with Gasteiger partial charge >= 0.3 is 5.97 Å². The van der Waals surface area contributed by atoms with E-state index in [0.29, 0.717) is 10.7 Å². The van der Waals surface area contributed by atoms with Crippen molar-refractivity contribution in [1.29, 1.82) is 0 Å². The minimum absolute atomic E-state index is 0.163. The SMILES string of the molecule is COC(=O)c1nnn(-c2ccc(Cl)cc2)c1-c1cc[n+](C)cc1. The molecular weight excluding hydrogens is 316 g/mol. The Kier molecular flexibility index (Phi) is 4.08. The van der Waals surface area contributed by atoms with Gasteiger partial charge in [-0.15, -0.1) is 5.10 Å². The minimum atomic E-state index is -0.534. The van der Waals surface area contributed by atoms with E-state index in [4.69, 9.17) is 16.3 Å². The molecule has 23 heavy (non-hydrogen) atoms. The Hall–Kier alpha value is -2.73. The van der Waals surface area contributed by atoms with Gasteiger partial charge < -0.3 is 4.74 Å². The fraction of sp³-hybridized carbons (Fsp3) is 0.125. The third kappa shape index (κ3) is 2.93. The van der Waals surface area contributed by atoms with Crippen LogP contribution in [-0.2, 0) is 11.8 Å². The standard InChI is InChI=1S/C16H14ClN4O2/c1-20-9-7-11(8-10-20)15-14(16(22)23-2)18-19-21(15)13-5-3-12(17)4-6-13/h3-10H,1-2H3/q+1. The lowest BCUT2D eigenvalue weighted by molar-refractivity contribution is -0.671. The average Bonchev–Trinajstić information content (AvgIpc) is 3.00. The van der Waals surface area contributed by atoms with Crippen LogP contribution in [-0.4, -0.2) is 28.1 Å². The normalized spacial score (nSPS) is 10.6. The molecule has 0 radical (unpaired) electrons. The number of carbonyl (C=O) groups excluding carboxylic acids is 1. The number of hydrogen-bond acceptors (Lipinski definition) is 4. The molecule has 0 saturated carbocycles. The minimum Gasteiger partial charge on any atom is -0.464 e. The Morgan fingerprint density at radius 1 is 1.17 bits per heavy atom. The van der Waals surface area contributed by atoms with Crippen molar-refractivity contribution in [2.24, 2.45) is 7.05 Å². The summed E-state index contributed by atoms with van der Waals surface area (Å²) >= 11 is 5.93. The first-order chi connectivity index (χ1) is 11.1. The van der Waals surface area contributed by atoms with Crippen molar-refractivity contribution >= 4 is 17.6 Å². The van der Waals surface area contributed by atoms with Gasteiger partial charge in [0.15, 0.2) is 18.1 Å². The second-order valence-electron chi connectivity index (χ2n) is 4.92. The number of halogens is 1. The Morgan fingerprint density at radius 3 is 2.43 bits per heavy atom. The van der Waals surface area contributed by atoms with Gasteiger partial charge in [-0.05, 0) is 24.3 Å².